The van der Waals surface area contributed by atoms with Crippen LogP contribution in [0.15, 0.2) is 134 Å². The fourth-order valence-corrected chi connectivity index (χ4v) is 9.07. The van der Waals surface area contributed by atoms with Crippen molar-refractivity contribution in [1.82, 2.24) is 0 Å². The molecule has 0 aromatic carbocycles. The second-order valence-electron chi connectivity index (χ2n) is 22.0. The van der Waals surface area contributed by atoms with Crippen LogP contribution in [0, 0.1) is 0 Å². The van der Waals surface area contributed by atoms with E-state index >= 15 is 0 Å². The van der Waals surface area contributed by atoms with Gasteiger partial charge in [-0.1, -0.05) is 276 Å². The van der Waals surface area contributed by atoms with Gasteiger partial charge in [0.25, 0.3) is 0 Å². The van der Waals surface area contributed by atoms with Crippen LogP contribution in [0.5, 0.6) is 0 Å². The summed E-state index contributed by atoms with van der Waals surface area (Å²) in [5, 5.41) is 0. The average Bonchev–Trinajstić information content (AvgIpc) is 3.46. The second kappa shape index (κ2) is 68.1. The summed E-state index contributed by atoms with van der Waals surface area (Å²) in [6, 6.07) is 0. The number of ether oxygens (including phenoxy) is 3. The minimum Gasteiger partial charge on any atom is -0.462 e. The number of hydrogen-bond donors (Lipinski definition) is 0. The van der Waals surface area contributed by atoms with Crippen LogP contribution in [0.3, 0.4) is 0 Å². The van der Waals surface area contributed by atoms with E-state index in [1.807, 2.05) is 0 Å². The highest BCUT2D eigenvalue weighted by Crippen LogP contribution is 2.15. The van der Waals surface area contributed by atoms with Gasteiger partial charge in [-0.05, 0) is 141 Å². The fourth-order valence-electron chi connectivity index (χ4n) is 9.07. The van der Waals surface area contributed by atoms with Crippen molar-refractivity contribution < 1.29 is 28.6 Å². The maximum atomic E-state index is 12.9. The van der Waals surface area contributed by atoms with Crippen molar-refractivity contribution in [2.45, 2.75) is 309 Å². The summed E-state index contributed by atoms with van der Waals surface area (Å²) in [5.41, 5.74) is 0. The minimum absolute atomic E-state index is 0.0898. The molecule has 0 aromatic rings. The molecule has 0 radical (unpaired) electrons. The molecule has 0 N–H and O–H groups in total. The third-order valence-electron chi connectivity index (χ3n) is 14.1. The van der Waals surface area contributed by atoms with Gasteiger partial charge in [0.05, 0.1) is 0 Å². The van der Waals surface area contributed by atoms with Crippen LogP contribution >= 0.6 is 0 Å². The van der Waals surface area contributed by atoms with Crippen LogP contribution in [-0.2, 0) is 28.6 Å². The summed E-state index contributed by atoms with van der Waals surface area (Å²) in [4.78, 5) is 38.3. The van der Waals surface area contributed by atoms with E-state index in [1.54, 1.807) is 0 Å². The Bertz CT molecular complexity index is 1720. The lowest BCUT2D eigenvalue weighted by atomic mass is 10.1. The van der Waals surface area contributed by atoms with E-state index in [-0.39, 0.29) is 31.1 Å². The first-order valence-electron chi connectivity index (χ1n) is 33.7. The van der Waals surface area contributed by atoms with Crippen molar-refractivity contribution in [2.24, 2.45) is 0 Å². The van der Waals surface area contributed by atoms with Gasteiger partial charge in [0.2, 0.25) is 0 Å². The molecular weight excluding hydrogens is 997 g/mol. The van der Waals surface area contributed by atoms with Crippen LogP contribution in [0.1, 0.15) is 303 Å². The third kappa shape index (κ3) is 66.2. The predicted octanol–water partition coefficient (Wildman–Crippen LogP) is 23.3. The predicted molar refractivity (Wildman–Crippen MR) is 353 cm³/mol. The summed E-state index contributed by atoms with van der Waals surface area (Å²) >= 11 is 0. The van der Waals surface area contributed by atoms with E-state index in [4.69, 9.17) is 14.2 Å². The normalized spacial score (nSPS) is 13.0. The molecule has 0 saturated carbocycles. The van der Waals surface area contributed by atoms with Crippen molar-refractivity contribution >= 4 is 17.9 Å². The first kappa shape index (κ1) is 76.5. The lowest BCUT2D eigenvalue weighted by Crippen LogP contribution is -2.30. The van der Waals surface area contributed by atoms with Gasteiger partial charge in [-0.25, -0.2) is 0 Å². The molecule has 81 heavy (non-hydrogen) atoms. The number of esters is 3. The summed E-state index contributed by atoms with van der Waals surface area (Å²) in [6.45, 7) is 6.48. The minimum atomic E-state index is -0.794. The van der Waals surface area contributed by atoms with E-state index in [9.17, 15) is 14.4 Å². The monoisotopic (exact) mass is 1120 g/mol. The fraction of sp³-hybridized carbons (Fsp3) is 0.667. The van der Waals surface area contributed by atoms with Crippen molar-refractivity contribution in [3.05, 3.63) is 134 Å². The van der Waals surface area contributed by atoms with Gasteiger partial charge >= 0.3 is 17.9 Å². The smallest absolute Gasteiger partial charge is 0.306 e. The Morgan fingerprint density at radius 1 is 0.259 bits per heavy atom. The number of unbranched alkanes of at least 4 members (excludes halogenated alkanes) is 27. The largest absolute Gasteiger partial charge is 0.462 e. The zero-order valence-electron chi connectivity index (χ0n) is 52.8. The first-order valence-corrected chi connectivity index (χ1v) is 33.7. The van der Waals surface area contributed by atoms with Crippen molar-refractivity contribution in [1.29, 1.82) is 0 Å². The van der Waals surface area contributed by atoms with Gasteiger partial charge in [0.1, 0.15) is 13.2 Å². The molecular formula is C75H124O6. The number of allylic oxidation sites excluding steroid dienone is 22. The van der Waals surface area contributed by atoms with E-state index in [1.165, 1.54) is 128 Å². The summed E-state index contributed by atoms with van der Waals surface area (Å²) < 4.78 is 16.9. The Morgan fingerprint density at radius 2 is 0.481 bits per heavy atom. The zero-order valence-corrected chi connectivity index (χ0v) is 52.8. The first-order chi connectivity index (χ1) is 40.0. The van der Waals surface area contributed by atoms with Crippen LogP contribution in [0.2, 0.25) is 0 Å². The quantitative estimate of drug-likeness (QED) is 0.0261. The Labute approximate surface area is 500 Å². The standard InChI is InChI=1S/C75H124O6/c1-4-7-10-13-16-19-22-25-27-29-30-31-32-33-34-35-36-37-38-39-40-41-42-43-44-46-47-50-53-56-59-62-65-68-74(77)80-71-72(70-79-73(76)67-64-61-58-55-52-49-24-21-18-15-12-9-6-3)81-75(78)69-66-63-60-57-54-51-48-45-28-26-23-20-17-14-11-8-5-2/h7,10,16-17,19-21,24-28,30-31,33-34,36-37,39-40,42-43,72H,4-6,8-9,11-15,18,22-23,29,32,35,38,41,44-71H2,1-3H3/b10-7-,19-16-,20-17-,24-21-,27-25-,28-26-,31-30-,34-33-,37-36-,40-39-,43-42-. The van der Waals surface area contributed by atoms with Crippen LogP contribution < -0.4 is 0 Å². The number of carbonyl (C=O) groups excluding carboxylic acids is 3. The average molecular weight is 1120 g/mol. The van der Waals surface area contributed by atoms with Gasteiger partial charge in [-0.15, -0.1) is 0 Å². The Hall–Kier alpha value is -4.45. The molecule has 0 spiro atoms. The highest BCUT2D eigenvalue weighted by molar-refractivity contribution is 5.71. The molecule has 0 aromatic heterocycles. The molecule has 0 fully saturated rings. The Balaban J connectivity index is 4.30. The third-order valence-corrected chi connectivity index (χ3v) is 14.1. The molecule has 6 nitrogen and oxygen atoms in total. The van der Waals surface area contributed by atoms with Crippen molar-refractivity contribution in [2.75, 3.05) is 13.2 Å². The highest BCUT2D eigenvalue weighted by Gasteiger charge is 2.19. The molecule has 0 aliphatic carbocycles. The van der Waals surface area contributed by atoms with E-state index in [2.05, 4.69) is 154 Å². The summed E-state index contributed by atoms with van der Waals surface area (Å²) in [6.07, 6.45) is 96.0. The molecule has 6 heteroatoms. The Morgan fingerprint density at radius 3 is 0.790 bits per heavy atom. The molecule has 460 valence electrons. The van der Waals surface area contributed by atoms with E-state index < -0.39 is 6.10 Å². The molecule has 0 aliphatic rings. The topological polar surface area (TPSA) is 78.9 Å². The Kier molecular flexibility index (Phi) is 64.3. The number of hydrogen-bond acceptors (Lipinski definition) is 6. The molecule has 0 saturated heterocycles. The summed E-state index contributed by atoms with van der Waals surface area (Å²) in [7, 11) is 0. The molecule has 0 amide bonds. The molecule has 1 unspecified atom stereocenters. The van der Waals surface area contributed by atoms with Crippen molar-refractivity contribution in [3.63, 3.8) is 0 Å². The highest BCUT2D eigenvalue weighted by atomic mass is 16.6. The van der Waals surface area contributed by atoms with E-state index in [0.29, 0.717) is 19.3 Å². The zero-order chi connectivity index (χ0) is 58.5. The van der Waals surface area contributed by atoms with Crippen molar-refractivity contribution in [3.8, 4) is 0 Å². The molecule has 0 rings (SSSR count). The lowest BCUT2D eigenvalue weighted by molar-refractivity contribution is -0.167. The van der Waals surface area contributed by atoms with Gasteiger partial charge in [0.15, 0.2) is 6.10 Å². The lowest BCUT2D eigenvalue weighted by Gasteiger charge is -2.18. The van der Waals surface area contributed by atoms with Gasteiger partial charge in [-0.3, -0.25) is 14.4 Å². The van der Waals surface area contributed by atoms with Crippen LogP contribution in [0.25, 0.3) is 0 Å². The maximum absolute atomic E-state index is 12.9. The SMILES string of the molecule is CC/C=C\C/C=C\C/C=C\C/C=C\C/C=C\C/C=C\C/C=C\C/C=C\CCCCCCCCCCC(=O)OCC(COC(=O)CCCCCCC/C=C\CCCCCC)OC(=O)CCCCCCCCC/C=C\C/C=C\CCCCC. The molecule has 0 heterocycles. The van der Waals surface area contributed by atoms with Gasteiger partial charge in [0, 0.05) is 19.3 Å². The van der Waals surface area contributed by atoms with E-state index in [0.717, 1.165) is 135 Å². The molecule has 1 atom stereocenters. The number of rotatable bonds is 60. The van der Waals surface area contributed by atoms with Gasteiger partial charge in [-0.2, -0.15) is 0 Å². The maximum Gasteiger partial charge on any atom is 0.306 e. The summed E-state index contributed by atoms with van der Waals surface area (Å²) in [5.74, 6) is -0.910. The number of carbonyl (C=O) groups is 3. The van der Waals surface area contributed by atoms with Crippen LogP contribution in [-0.4, -0.2) is 37.2 Å². The van der Waals surface area contributed by atoms with Crippen LogP contribution in [0.4, 0.5) is 0 Å². The second-order valence-corrected chi connectivity index (χ2v) is 22.0. The van der Waals surface area contributed by atoms with Gasteiger partial charge < -0.3 is 14.2 Å². The molecule has 0 bridgehead atoms. The molecule has 0 aliphatic heterocycles.